The Morgan fingerprint density at radius 3 is 2.90 bits per heavy atom. The summed E-state index contributed by atoms with van der Waals surface area (Å²) in [5, 5.41) is 15.2. The molecule has 21 heavy (non-hydrogen) atoms. The first-order valence-electron chi connectivity index (χ1n) is 7.28. The van der Waals surface area contributed by atoms with Gasteiger partial charge in [-0.05, 0) is 26.3 Å². The maximum atomic E-state index is 11.5. The van der Waals surface area contributed by atoms with Gasteiger partial charge in [0.05, 0.1) is 5.69 Å². The highest BCUT2D eigenvalue weighted by Crippen LogP contribution is 2.19. The van der Waals surface area contributed by atoms with Gasteiger partial charge in [-0.15, -0.1) is 10.2 Å². The number of hydrogen-bond acceptors (Lipinski definition) is 5. The summed E-state index contributed by atoms with van der Waals surface area (Å²) in [6, 6.07) is 1.91. The topological polar surface area (TPSA) is 85.8 Å². The van der Waals surface area contributed by atoms with Crippen LogP contribution in [0.15, 0.2) is 10.5 Å². The van der Waals surface area contributed by atoms with Crippen molar-refractivity contribution >= 4 is 5.91 Å². The van der Waals surface area contributed by atoms with E-state index >= 15 is 0 Å². The number of carbonyl (C=O) groups excluding carboxylic acids is 1. The van der Waals surface area contributed by atoms with Crippen molar-refractivity contribution in [2.75, 3.05) is 6.54 Å². The summed E-state index contributed by atoms with van der Waals surface area (Å²) < 4.78 is 7.44. The minimum Gasteiger partial charge on any atom is -0.419 e. The number of nitrogens with zero attached hydrogens (tertiary/aromatic N) is 4. The molecule has 1 N–H and O–H groups in total. The lowest BCUT2D eigenvalue weighted by molar-refractivity contribution is -0.121. The third kappa shape index (κ3) is 3.90. The molecule has 0 aliphatic rings. The van der Waals surface area contributed by atoms with Gasteiger partial charge in [0.15, 0.2) is 0 Å². The third-order valence-electron chi connectivity index (χ3n) is 3.03. The van der Waals surface area contributed by atoms with Crippen molar-refractivity contribution < 1.29 is 9.21 Å². The molecule has 0 saturated carbocycles. The van der Waals surface area contributed by atoms with Crippen LogP contribution in [-0.4, -0.2) is 32.4 Å². The van der Waals surface area contributed by atoms with E-state index < -0.39 is 0 Å². The number of hydrogen-bond donors (Lipinski definition) is 1. The van der Waals surface area contributed by atoms with Gasteiger partial charge >= 0.3 is 0 Å². The van der Waals surface area contributed by atoms with Crippen LogP contribution >= 0.6 is 0 Å². The Hall–Kier alpha value is -2.18. The predicted octanol–water partition coefficient (Wildman–Crippen LogP) is 1.72. The zero-order chi connectivity index (χ0) is 15.2. The lowest BCUT2D eigenvalue weighted by Crippen LogP contribution is -2.24. The van der Waals surface area contributed by atoms with Crippen molar-refractivity contribution in [1.82, 2.24) is 25.3 Å². The molecule has 2 heterocycles. The molecule has 114 valence electrons. The van der Waals surface area contributed by atoms with Gasteiger partial charge < -0.3 is 9.73 Å². The first kappa shape index (κ1) is 15.2. The van der Waals surface area contributed by atoms with Crippen molar-refractivity contribution in [3.05, 3.63) is 17.7 Å². The molecule has 2 aromatic heterocycles. The summed E-state index contributed by atoms with van der Waals surface area (Å²) in [5.41, 5.74) is 1.72. The van der Waals surface area contributed by atoms with Gasteiger partial charge in [-0.3, -0.25) is 9.48 Å². The molecular formula is C14H21N5O2. The summed E-state index contributed by atoms with van der Waals surface area (Å²) in [4.78, 5) is 11.5. The lowest BCUT2D eigenvalue weighted by atomic mass is 10.3. The molecule has 0 aromatic carbocycles. The second-order valence-electron chi connectivity index (χ2n) is 4.84. The van der Waals surface area contributed by atoms with Crippen LogP contribution in [0.4, 0.5) is 0 Å². The molecule has 7 heteroatoms. The smallest absolute Gasteiger partial charge is 0.265 e. The molecule has 1 amide bonds. The van der Waals surface area contributed by atoms with Gasteiger partial charge in [-0.1, -0.05) is 6.92 Å². The SMILES string of the molecule is CCCNC(=O)CCc1nnc(-c2cc(C)nn2CC)o1. The van der Waals surface area contributed by atoms with E-state index in [9.17, 15) is 4.79 Å². The number of aromatic nitrogens is 4. The molecule has 0 aliphatic carbocycles. The maximum absolute atomic E-state index is 11.5. The summed E-state index contributed by atoms with van der Waals surface area (Å²) in [6.07, 6.45) is 1.73. The standard InChI is InChI=1S/C14H21N5O2/c1-4-8-15-12(20)6-7-13-16-17-14(21-13)11-9-10(3)18-19(11)5-2/h9H,4-8H2,1-3H3,(H,15,20). The van der Waals surface area contributed by atoms with E-state index in [1.165, 1.54) is 0 Å². The molecule has 2 rings (SSSR count). The van der Waals surface area contributed by atoms with Crippen LogP contribution < -0.4 is 5.32 Å². The molecular weight excluding hydrogens is 270 g/mol. The average molecular weight is 291 g/mol. The van der Waals surface area contributed by atoms with Gasteiger partial charge in [0.1, 0.15) is 5.69 Å². The van der Waals surface area contributed by atoms with Crippen LogP contribution in [0.5, 0.6) is 0 Å². The molecule has 0 aliphatic heterocycles. The average Bonchev–Trinajstić information content (AvgIpc) is 3.08. The predicted molar refractivity (Wildman–Crippen MR) is 77.6 cm³/mol. The first-order valence-corrected chi connectivity index (χ1v) is 7.28. The second-order valence-corrected chi connectivity index (χ2v) is 4.84. The fraction of sp³-hybridized carbons (Fsp3) is 0.571. The fourth-order valence-corrected chi connectivity index (χ4v) is 1.99. The number of rotatable bonds is 7. The lowest BCUT2D eigenvalue weighted by Gasteiger charge is -2.01. The number of aryl methyl sites for hydroxylation is 3. The molecule has 0 bridgehead atoms. The molecule has 0 atom stereocenters. The van der Waals surface area contributed by atoms with E-state index in [0.717, 1.165) is 24.4 Å². The van der Waals surface area contributed by atoms with Crippen molar-refractivity contribution in [3.8, 4) is 11.6 Å². The summed E-state index contributed by atoms with van der Waals surface area (Å²) in [7, 11) is 0. The fourth-order valence-electron chi connectivity index (χ4n) is 1.99. The quantitative estimate of drug-likeness (QED) is 0.839. The zero-order valence-electron chi connectivity index (χ0n) is 12.7. The van der Waals surface area contributed by atoms with Gasteiger partial charge in [-0.2, -0.15) is 5.10 Å². The van der Waals surface area contributed by atoms with Crippen molar-refractivity contribution in [2.45, 2.75) is 46.6 Å². The maximum Gasteiger partial charge on any atom is 0.265 e. The number of carbonyl (C=O) groups is 1. The highest BCUT2D eigenvalue weighted by atomic mass is 16.4. The van der Waals surface area contributed by atoms with Gasteiger partial charge in [0, 0.05) is 25.9 Å². The van der Waals surface area contributed by atoms with E-state index in [1.54, 1.807) is 0 Å². The summed E-state index contributed by atoms with van der Waals surface area (Å²) in [6.45, 7) is 7.38. The van der Waals surface area contributed by atoms with Crippen LogP contribution in [0, 0.1) is 6.92 Å². The normalized spacial score (nSPS) is 10.8. The van der Waals surface area contributed by atoms with E-state index in [1.807, 2.05) is 31.5 Å². The van der Waals surface area contributed by atoms with E-state index in [-0.39, 0.29) is 5.91 Å². The Bertz CT molecular complexity index is 602. The monoisotopic (exact) mass is 291 g/mol. The van der Waals surface area contributed by atoms with Gasteiger partial charge in [0.2, 0.25) is 11.8 Å². The van der Waals surface area contributed by atoms with Crippen LogP contribution in [0.2, 0.25) is 0 Å². The van der Waals surface area contributed by atoms with Crippen LogP contribution in [0.3, 0.4) is 0 Å². The Labute approximate surface area is 123 Å². The Kier molecular flexibility index (Phi) is 5.08. The largest absolute Gasteiger partial charge is 0.419 e. The minimum atomic E-state index is 0.00560. The van der Waals surface area contributed by atoms with Gasteiger partial charge in [0.25, 0.3) is 5.89 Å². The molecule has 0 unspecified atom stereocenters. The van der Waals surface area contributed by atoms with Crippen molar-refractivity contribution in [2.24, 2.45) is 0 Å². The Morgan fingerprint density at radius 1 is 1.38 bits per heavy atom. The Balaban J connectivity index is 1.99. The second kappa shape index (κ2) is 7.01. The van der Waals surface area contributed by atoms with E-state index in [0.29, 0.717) is 31.2 Å². The molecule has 0 spiro atoms. The summed E-state index contributed by atoms with van der Waals surface area (Å²) >= 11 is 0. The van der Waals surface area contributed by atoms with Gasteiger partial charge in [-0.25, -0.2) is 0 Å². The third-order valence-corrected chi connectivity index (χ3v) is 3.03. The number of amides is 1. The molecule has 2 aromatic rings. The van der Waals surface area contributed by atoms with Crippen LogP contribution in [0.25, 0.3) is 11.6 Å². The van der Waals surface area contributed by atoms with Crippen LogP contribution in [-0.2, 0) is 17.8 Å². The number of nitrogens with one attached hydrogen (secondary N) is 1. The molecule has 0 saturated heterocycles. The van der Waals surface area contributed by atoms with Crippen LogP contribution in [0.1, 0.15) is 38.3 Å². The summed E-state index contributed by atoms with van der Waals surface area (Å²) in [5.74, 6) is 0.922. The molecule has 7 nitrogen and oxygen atoms in total. The highest BCUT2D eigenvalue weighted by molar-refractivity contribution is 5.75. The zero-order valence-corrected chi connectivity index (χ0v) is 12.7. The van der Waals surface area contributed by atoms with E-state index in [2.05, 4.69) is 20.6 Å². The molecule has 0 radical (unpaired) electrons. The first-order chi connectivity index (χ1) is 10.1. The minimum absolute atomic E-state index is 0.00560. The van der Waals surface area contributed by atoms with Crippen molar-refractivity contribution in [3.63, 3.8) is 0 Å². The molecule has 0 fully saturated rings. The highest BCUT2D eigenvalue weighted by Gasteiger charge is 2.14. The Morgan fingerprint density at radius 2 is 2.19 bits per heavy atom. The van der Waals surface area contributed by atoms with E-state index in [4.69, 9.17) is 4.42 Å². The van der Waals surface area contributed by atoms with Crippen molar-refractivity contribution in [1.29, 1.82) is 0 Å².